The molecule has 0 bridgehead atoms. The van der Waals surface area contributed by atoms with E-state index in [2.05, 4.69) is 15.6 Å². The van der Waals surface area contributed by atoms with Crippen LogP contribution in [0.3, 0.4) is 0 Å². The van der Waals surface area contributed by atoms with E-state index in [9.17, 15) is 0 Å². The molecule has 1 radical (unpaired) electrons. The van der Waals surface area contributed by atoms with Gasteiger partial charge in [-0.25, -0.2) is 9.50 Å². The van der Waals surface area contributed by atoms with Crippen LogP contribution < -0.4 is 0 Å². The summed E-state index contributed by atoms with van der Waals surface area (Å²) in [4.78, 5) is 5.05. The van der Waals surface area contributed by atoms with Gasteiger partial charge < -0.3 is 0 Å². The van der Waals surface area contributed by atoms with Crippen molar-refractivity contribution in [2.75, 3.05) is 0 Å². The van der Waals surface area contributed by atoms with Crippen LogP contribution >= 0.6 is 22.9 Å². The first-order valence-electron chi connectivity index (χ1n) is 4.32. The summed E-state index contributed by atoms with van der Waals surface area (Å²) in [6, 6.07) is 7.64. The Morgan fingerprint density at radius 2 is 2.20 bits per heavy atom. The molecule has 3 rings (SSSR count). The molecule has 3 aromatic rings. The Bertz CT molecular complexity index is 614. The van der Waals surface area contributed by atoms with Crippen molar-refractivity contribution in [2.24, 2.45) is 0 Å². The summed E-state index contributed by atoms with van der Waals surface area (Å²) < 4.78 is 1.74. The van der Waals surface area contributed by atoms with Crippen molar-refractivity contribution in [1.82, 2.24) is 14.6 Å². The number of aromatic nitrogens is 3. The van der Waals surface area contributed by atoms with Gasteiger partial charge in [0.05, 0.1) is 16.9 Å². The molecule has 0 fully saturated rings. The minimum atomic E-state index is 0.701. The Balaban J connectivity index is 2.31. The second-order valence-electron chi connectivity index (χ2n) is 3.01. The number of halogens is 1. The first kappa shape index (κ1) is 8.88. The lowest BCUT2D eigenvalue weighted by atomic mass is 10.2. The number of rotatable bonds is 1. The van der Waals surface area contributed by atoms with Gasteiger partial charge in [-0.3, -0.25) is 0 Å². The van der Waals surface area contributed by atoms with Gasteiger partial charge in [0.2, 0.25) is 4.96 Å². The van der Waals surface area contributed by atoms with Gasteiger partial charge >= 0.3 is 0 Å². The van der Waals surface area contributed by atoms with E-state index in [-0.39, 0.29) is 0 Å². The highest BCUT2D eigenvalue weighted by Gasteiger charge is 2.10. The number of benzene rings is 1. The summed E-state index contributed by atoms with van der Waals surface area (Å²) in [5.74, 6) is 0. The zero-order valence-electron chi connectivity index (χ0n) is 7.51. The molecule has 1 aromatic carbocycles. The fraction of sp³-hybridized carbons (Fsp3) is 0. The third-order valence-electron chi connectivity index (χ3n) is 2.13. The highest BCUT2D eigenvalue weighted by atomic mass is 35.5. The summed E-state index contributed by atoms with van der Waals surface area (Å²) in [5.41, 5.74) is 4.63. The van der Waals surface area contributed by atoms with E-state index in [1.165, 1.54) is 11.3 Å². The highest BCUT2D eigenvalue weighted by molar-refractivity contribution is 7.14. The number of hydrogen-bond donors (Lipinski definition) is 0. The van der Waals surface area contributed by atoms with Crippen molar-refractivity contribution in [1.29, 1.82) is 0 Å². The molecule has 0 aliphatic heterocycles. The van der Waals surface area contributed by atoms with E-state index >= 15 is 0 Å². The monoisotopic (exact) mass is 234 g/mol. The minimum Gasteiger partial charge on any atom is -0.225 e. The van der Waals surface area contributed by atoms with Crippen molar-refractivity contribution in [3.63, 3.8) is 0 Å². The Labute approximate surface area is 95.0 Å². The Morgan fingerprint density at radius 1 is 1.33 bits per heavy atom. The lowest BCUT2D eigenvalue weighted by Gasteiger charge is -2.00. The van der Waals surface area contributed by atoms with Gasteiger partial charge in [0, 0.05) is 5.56 Å². The molecule has 0 N–H and O–H groups in total. The average Bonchev–Trinajstić information content (AvgIpc) is 2.80. The molecular formula is C10H5ClN3S. The van der Waals surface area contributed by atoms with Gasteiger partial charge in [-0.1, -0.05) is 41.1 Å². The van der Waals surface area contributed by atoms with Crippen LogP contribution in [0.15, 0.2) is 30.5 Å². The zero-order chi connectivity index (χ0) is 10.3. The Morgan fingerprint density at radius 3 is 3.07 bits per heavy atom. The fourth-order valence-corrected chi connectivity index (χ4v) is 2.22. The summed E-state index contributed by atoms with van der Waals surface area (Å²) >= 11 is 7.49. The minimum absolute atomic E-state index is 0.701. The average molecular weight is 235 g/mol. The molecule has 2 aromatic heterocycles. The maximum Gasteiger partial charge on any atom is 0.213 e. The normalized spacial score (nSPS) is 11.0. The summed E-state index contributed by atoms with van der Waals surface area (Å²) in [7, 11) is 0. The van der Waals surface area contributed by atoms with Gasteiger partial charge in [-0.15, -0.1) is 0 Å². The van der Waals surface area contributed by atoms with E-state index < -0.39 is 0 Å². The summed E-state index contributed by atoms with van der Waals surface area (Å²) in [5, 5.41) is 4.79. The molecule has 0 amide bonds. The second kappa shape index (κ2) is 3.32. The maximum absolute atomic E-state index is 6.11. The molecule has 0 aliphatic carbocycles. The number of hydrogen-bond acceptors (Lipinski definition) is 3. The third kappa shape index (κ3) is 1.33. The molecule has 73 valence electrons. The van der Waals surface area contributed by atoms with Crippen LogP contribution in [-0.2, 0) is 0 Å². The standard InChI is InChI=1S/C10H5ClN3S/c11-8-4-2-1-3-7(8)9-5-12-10-14(9)13-6-15-10/h1-5H. The molecular weight excluding hydrogens is 230 g/mol. The van der Waals surface area contributed by atoms with E-state index in [0.29, 0.717) is 5.02 Å². The molecule has 0 saturated carbocycles. The smallest absolute Gasteiger partial charge is 0.213 e. The van der Waals surface area contributed by atoms with E-state index in [4.69, 9.17) is 11.6 Å². The first-order chi connectivity index (χ1) is 7.36. The molecule has 0 saturated heterocycles. The van der Waals surface area contributed by atoms with Crippen molar-refractivity contribution < 1.29 is 0 Å². The van der Waals surface area contributed by atoms with Crippen LogP contribution in [0, 0.1) is 5.51 Å². The third-order valence-corrected chi connectivity index (χ3v) is 3.10. The van der Waals surface area contributed by atoms with E-state index in [1.807, 2.05) is 24.3 Å². The molecule has 0 aliphatic rings. The highest BCUT2D eigenvalue weighted by Crippen LogP contribution is 2.28. The second-order valence-corrected chi connectivity index (χ2v) is 4.17. The van der Waals surface area contributed by atoms with Crippen LogP contribution in [-0.4, -0.2) is 14.6 Å². The molecule has 0 spiro atoms. The number of fused-ring (bicyclic) bond motifs is 1. The van der Waals surface area contributed by atoms with Gasteiger partial charge in [0.15, 0.2) is 5.51 Å². The van der Waals surface area contributed by atoms with E-state index in [0.717, 1.165) is 16.2 Å². The van der Waals surface area contributed by atoms with Gasteiger partial charge in [-0.05, 0) is 6.07 Å². The van der Waals surface area contributed by atoms with Crippen LogP contribution in [0.25, 0.3) is 16.2 Å². The Kier molecular flexibility index (Phi) is 1.97. The van der Waals surface area contributed by atoms with Crippen LogP contribution in [0.4, 0.5) is 0 Å². The SMILES string of the molecule is Clc1ccccc1-c1cnc2s[c]nn12. The maximum atomic E-state index is 6.11. The molecule has 0 unspecified atom stereocenters. The van der Waals surface area contributed by atoms with Crippen LogP contribution in [0.1, 0.15) is 0 Å². The van der Waals surface area contributed by atoms with Gasteiger partial charge in [0.1, 0.15) is 0 Å². The predicted octanol–water partition coefficient (Wildman–Crippen LogP) is 2.91. The van der Waals surface area contributed by atoms with Crippen molar-refractivity contribution in [3.05, 3.63) is 41.0 Å². The lowest BCUT2D eigenvalue weighted by molar-refractivity contribution is 0.976. The quantitative estimate of drug-likeness (QED) is 0.648. The molecule has 2 heterocycles. The predicted molar refractivity (Wildman–Crippen MR) is 60.1 cm³/mol. The van der Waals surface area contributed by atoms with E-state index in [1.54, 1.807) is 10.7 Å². The number of nitrogens with zero attached hydrogens (tertiary/aromatic N) is 3. The van der Waals surface area contributed by atoms with Gasteiger partial charge in [-0.2, -0.15) is 5.10 Å². The first-order valence-corrected chi connectivity index (χ1v) is 5.51. The van der Waals surface area contributed by atoms with Crippen molar-refractivity contribution in [3.8, 4) is 11.3 Å². The molecule has 0 atom stereocenters. The number of imidazole rings is 1. The summed E-state index contributed by atoms with van der Waals surface area (Å²) in [6.07, 6.45) is 1.77. The lowest BCUT2D eigenvalue weighted by Crippen LogP contribution is -1.87. The van der Waals surface area contributed by atoms with Crippen LogP contribution in [0.2, 0.25) is 5.02 Å². The topological polar surface area (TPSA) is 30.2 Å². The molecule has 3 nitrogen and oxygen atoms in total. The molecule has 5 heteroatoms. The largest absolute Gasteiger partial charge is 0.225 e. The van der Waals surface area contributed by atoms with Gasteiger partial charge in [0.25, 0.3) is 0 Å². The Hall–Kier alpha value is -1.39. The van der Waals surface area contributed by atoms with Crippen molar-refractivity contribution >= 4 is 27.9 Å². The zero-order valence-corrected chi connectivity index (χ0v) is 9.09. The fourth-order valence-electron chi connectivity index (χ4n) is 1.45. The summed E-state index contributed by atoms with van der Waals surface area (Å²) in [6.45, 7) is 0. The van der Waals surface area contributed by atoms with Crippen molar-refractivity contribution in [2.45, 2.75) is 0 Å². The molecule has 15 heavy (non-hydrogen) atoms. The van der Waals surface area contributed by atoms with Crippen LogP contribution in [0.5, 0.6) is 0 Å².